The monoisotopic (exact) mass is 427 g/mol. The summed E-state index contributed by atoms with van der Waals surface area (Å²) in [4.78, 5) is 11.1. The fourth-order valence-electron chi connectivity index (χ4n) is 4.61. The van der Waals surface area contributed by atoms with Gasteiger partial charge in [-0.15, -0.1) is 0 Å². The number of fused-ring (bicyclic) bond motifs is 3. The molecule has 0 bridgehead atoms. The number of anilines is 1. The molecule has 0 aromatic heterocycles. The lowest BCUT2D eigenvalue weighted by molar-refractivity contribution is -0.384. The van der Waals surface area contributed by atoms with Gasteiger partial charge in [0.2, 0.25) is 10.0 Å². The van der Waals surface area contributed by atoms with E-state index in [4.69, 9.17) is 0 Å². The highest BCUT2D eigenvalue weighted by Gasteiger charge is 2.39. The third kappa shape index (κ3) is 3.40. The highest BCUT2D eigenvalue weighted by molar-refractivity contribution is 7.89. The highest BCUT2D eigenvalue weighted by atomic mass is 32.2. The van der Waals surface area contributed by atoms with Gasteiger partial charge < -0.3 is 5.32 Å². The lowest BCUT2D eigenvalue weighted by atomic mass is 9.77. The first kappa shape index (κ1) is 20.6. The number of nitrogens with one attached hydrogen (secondary N) is 1. The molecule has 0 saturated heterocycles. The third-order valence-corrected chi connectivity index (χ3v) is 8.16. The van der Waals surface area contributed by atoms with Crippen LogP contribution in [-0.4, -0.2) is 30.7 Å². The fraction of sp³-hybridized carbons (Fsp3) is 0.364. The van der Waals surface area contributed by atoms with E-state index in [-0.39, 0.29) is 28.5 Å². The van der Waals surface area contributed by atoms with Crippen LogP contribution in [0.4, 0.5) is 11.4 Å². The van der Waals surface area contributed by atoms with E-state index >= 15 is 0 Å². The Bertz CT molecular complexity index is 1110. The van der Waals surface area contributed by atoms with E-state index in [1.165, 1.54) is 10.4 Å². The van der Waals surface area contributed by atoms with Crippen molar-refractivity contribution in [3.05, 3.63) is 75.9 Å². The zero-order chi connectivity index (χ0) is 21.5. The minimum atomic E-state index is -3.54. The molecule has 4 rings (SSSR count). The number of nitro groups is 1. The van der Waals surface area contributed by atoms with Gasteiger partial charge in [0.1, 0.15) is 0 Å². The van der Waals surface area contributed by atoms with Gasteiger partial charge in [-0.3, -0.25) is 10.1 Å². The molecule has 0 amide bonds. The van der Waals surface area contributed by atoms with Crippen LogP contribution in [0.1, 0.15) is 43.4 Å². The quantitative estimate of drug-likeness (QED) is 0.418. The molecular formula is C22H25N3O4S. The summed E-state index contributed by atoms with van der Waals surface area (Å²) in [6, 6.07) is 11.9. The number of allylic oxidation sites excluding steroid dienone is 2. The van der Waals surface area contributed by atoms with Crippen molar-refractivity contribution in [3.8, 4) is 0 Å². The van der Waals surface area contributed by atoms with Gasteiger partial charge in [-0.25, -0.2) is 8.42 Å². The topological polar surface area (TPSA) is 92.5 Å². The second-order valence-corrected chi connectivity index (χ2v) is 9.60. The number of hydrogen-bond donors (Lipinski definition) is 1. The second-order valence-electron chi connectivity index (χ2n) is 7.67. The number of nitro benzene ring substituents is 1. The van der Waals surface area contributed by atoms with Gasteiger partial charge in [0, 0.05) is 36.8 Å². The van der Waals surface area contributed by atoms with E-state index in [0.717, 1.165) is 23.2 Å². The molecule has 30 heavy (non-hydrogen) atoms. The molecule has 0 radical (unpaired) electrons. The molecule has 0 fully saturated rings. The van der Waals surface area contributed by atoms with Crippen LogP contribution in [0.3, 0.4) is 0 Å². The first-order chi connectivity index (χ1) is 14.4. The van der Waals surface area contributed by atoms with Gasteiger partial charge in [-0.05, 0) is 41.7 Å². The summed E-state index contributed by atoms with van der Waals surface area (Å²) in [5, 5.41) is 14.7. The molecule has 2 aromatic rings. The Labute approximate surface area is 176 Å². The summed E-state index contributed by atoms with van der Waals surface area (Å²) in [6.45, 7) is 4.52. The summed E-state index contributed by atoms with van der Waals surface area (Å²) in [7, 11) is -3.54. The van der Waals surface area contributed by atoms with E-state index in [9.17, 15) is 18.5 Å². The summed E-state index contributed by atoms with van der Waals surface area (Å²) in [6.07, 6.45) is 5.07. The number of hydrogen-bond acceptors (Lipinski definition) is 5. The van der Waals surface area contributed by atoms with E-state index < -0.39 is 10.0 Å². The molecule has 158 valence electrons. The minimum Gasteiger partial charge on any atom is -0.378 e. The van der Waals surface area contributed by atoms with Crippen LogP contribution in [0.25, 0.3) is 0 Å². The number of rotatable bonds is 6. The van der Waals surface area contributed by atoms with Crippen molar-refractivity contribution in [2.45, 2.75) is 37.1 Å². The predicted octanol–water partition coefficient (Wildman–Crippen LogP) is 4.45. The molecule has 3 atom stereocenters. The van der Waals surface area contributed by atoms with Gasteiger partial charge >= 0.3 is 0 Å². The SMILES string of the molecule is CCN(CC)S(=O)(=O)c1ccc2c(c1)C1C=CCC1C(c1cccc([N+](=O)[O-])c1)N2. The maximum atomic E-state index is 13.0. The largest absolute Gasteiger partial charge is 0.378 e. The molecule has 1 aliphatic heterocycles. The minimum absolute atomic E-state index is 0.0670. The first-order valence-corrected chi connectivity index (χ1v) is 11.6. The Kier molecular flexibility index (Phi) is 5.38. The van der Waals surface area contributed by atoms with Crippen molar-refractivity contribution in [1.29, 1.82) is 0 Å². The maximum Gasteiger partial charge on any atom is 0.269 e. The highest BCUT2D eigenvalue weighted by Crippen LogP contribution is 2.50. The van der Waals surface area contributed by atoms with Gasteiger partial charge in [-0.2, -0.15) is 4.31 Å². The van der Waals surface area contributed by atoms with Crippen LogP contribution in [0.5, 0.6) is 0 Å². The van der Waals surface area contributed by atoms with Crippen molar-refractivity contribution in [2.75, 3.05) is 18.4 Å². The van der Waals surface area contributed by atoms with Crippen molar-refractivity contribution in [2.24, 2.45) is 5.92 Å². The van der Waals surface area contributed by atoms with Crippen LogP contribution < -0.4 is 5.32 Å². The number of benzene rings is 2. The van der Waals surface area contributed by atoms with Crippen molar-refractivity contribution < 1.29 is 13.3 Å². The number of nitrogens with zero attached hydrogens (tertiary/aromatic N) is 2. The second kappa shape index (κ2) is 7.85. The van der Waals surface area contributed by atoms with Crippen LogP contribution in [0, 0.1) is 16.0 Å². The van der Waals surface area contributed by atoms with Gasteiger partial charge in [0.05, 0.1) is 15.9 Å². The Morgan fingerprint density at radius 3 is 2.63 bits per heavy atom. The molecule has 8 heteroatoms. The van der Waals surface area contributed by atoms with Crippen LogP contribution in [0.15, 0.2) is 59.5 Å². The molecule has 0 saturated carbocycles. The van der Waals surface area contributed by atoms with Crippen LogP contribution >= 0.6 is 0 Å². The number of sulfonamides is 1. The van der Waals surface area contributed by atoms with Crippen LogP contribution in [0.2, 0.25) is 0 Å². The molecule has 1 heterocycles. The standard InChI is InChI=1S/C22H25N3O4S/c1-3-24(4-2)30(28,29)17-11-12-21-20(14-17)18-9-6-10-19(18)22(23-21)15-7-5-8-16(13-15)25(26)27/h5-9,11-14,18-19,22-23H,3-4,10H2,1-2H3. The third-order valence-electron chi connectivity index (χ3n) is 6.12. The van der Waals surface area contributed by atoms with Gasteiger partial charge in [0.15, 0.2) is 0 Å². The smallest absolute Gasteiger partial charge is 0.269 e. The lowest BCUT2D eigenvalue weighted by Crippen LogP contribution is -2.32. The Morgan fingerprint density at radius 1 is 1.17 bits per heavy atom. The van der Waals surface area contributed by atoms with Gasteiger partial charge in [-0.1, -0.05) is 38.1 Å². The lowest BCUT2D eigenvalue weighted by Gasteiger charge is -2.37. The molecular weight excluding hydrogens is 402 g/mol. The predicted molar refractivity (Wildman–Crippen MR) is 116 cm³/mol. The molecule has 1 aliphatic carbocycles. The van der Waals surface area contributed by atoms with Crippen molar-refractivity contribution >= 4 is 21.4 Å². The average Bonchev–Trinajstić information content (AvgIpc) is 3.23. The summed E-state index contributed by atoms with van der Waals surface area (Å²) in [5.74, 6) is 0.239. The molecule has 0 spiro atoms. The van der Waals surface area contributed by atoms with Crippen molar-refractivity contribution in [1.82, 2.24) is 4.31 Å². The Morgan fingerprint density at radius 2 is 1.93 bits per heavy atom. The molecule has 2 aromatic carbocycles. The van der Waals surface area contributed by atoms with Crippen molar-refractivity contribution in [3.63, 3.8) is 0 Å². The van der Waals surface area contributed by atoms with Gasteiger partial charge in [0.25, 0.3) is 5.69 Å². The first-order valence-electron chi connectivity index (χ1n) is 10.2. The summed E-state index contributed by atoms with van der Waals surface area (Å²) < 4.78 is 27.4. The van der Waals surface area contributed by atoms with E-state index in [1.54, 1.807) is 24.3 Å². The molecule has 7 nitrogen and oxygen atoms in total. The van der Waals surface area contributed by atoms with E-state index in [2.05, 4.69) is 17.5 Å². The zero-order valence-corrected chi connectivity index (χ0v) is 17.8. The Balaban J connectivity index is 1.74. The maximum absolute atomic E-state index is 13.0. The average molecular weight is 428 g/mol. The van der Waals surface area contributed by atoms with E-state index in [1.807, 2.05) is 26.0 Å². The Hall–Kier alpha value is -2.71. The van der Waals surface area contributed by atoms with Crippen LogP contribution in [-0.2, 0) is 10.0 Å². The van der Waals surface area contributed by atoms with E-state index in [0.29, 0.717) is 18.0 Å². The summed E-state index contributed by atoms with van der Waals surface area (Å²) in [5.41, 5.74) is 2.78. The molecule has 2 aliphatic rings. The zero-order valence-electron chi connectivity index (χ0n) is 17.0. The summed E-state index contributed by atoms with van der Waals surface area (Å²) >= 11 is 0. The number of non-ortho nitro benzene ring substituents is 1. The fourth-order valence-corrected chi connectivity index (χ4v) is 6.10. The molecule has 3 unspecified atom stereocenters. The normalized spacial score (nSPS) is 22.4. The molecule has 1 N–H and O–H groups in total.